The molecule has 0 aliphatic heterocycles. The second kappa shape index (κ2) is 10.9. The summed E-state index contributed by atoms with van der Waals surface area (Å²) in [6.07, 6.45) is -4.45. The van der Waals surface area contributed by atoms with Crippen LogP contribution in [0.15, 0.2) is 34.6 Å². The topological polar surface area (TPSA) is 52.6 Å². The van der Waals surface area contributed by atoms with Crippen LogP contribution in [0, 0.1) is 5.82 Å². The molecule has 1 aromatic carbocycles. The predicted octanol–water partition coefficient (Wildman–Crippen LogP) is 3.89. The fraction of sp³-hybridized carbons (Fsp3) is 0.412. The van der Waals surface area contributed by atoms with Crippen LogP contribution in [0.3, 0.4) is 0 Å². The predicted molar refractivity (Wildman–Crippen MR) is 114 cm³/mol. The average molecular weight is 531 g/mol. The van der Waals surface area contributed by atoms with E-state index in [2.05, 4.69) is 20.6 Å². The minimum atomic E-state index is -4.45. The van der Waals surface area contributed by atoms with E-state index >= 15 is 0 Å². The molecule has 0 spiro atoms. The molecule has 2 aromatic rings. The van der Waals surface area contributed by atoms with E-state index < -0.39 is 11.9 Å². The van der Waals surface area contributed by atoms with E-state index in [0.29, 0.717) is 17.5 Å². The Labute approximate surface area is 182 Å². The highest BCUT2D eigenvalue weighted by Crippen LogP contribution is 2.29. The first-order valence-electron chi connectivity index (χ1n) is 8.08. The number of likely N-dealkylation sites (N-methyl/N-ethyl adjacent to an activating group) is 1. The van der Waals surface area contributed by atoms with Crippen molar-refractivity contribution < 1.29 is 17.6 Å². The Bertz CT molecular complexity index is 779. The third kappa shape index (κ3) is 7.17. The number of benzene rings is 1. The average Bonchev–Trinajstić information content (AvgIpc) is 3.07. The van der Waals surface area contributed by atoms with Gasteiger partial charge in [-0.2, -0.15) is 13.2 Å². The second-order valence-corrected chi connectivity index (χ2v) is 6.91. The Hall–Kier alpha value is -1.47. The first-order valence-corrected chi connectivity index (χ1v) is 8.96. The molecule has 0 fully saturated rings. The van der Waals surface area contributed by atoms with Gasteiger partial charge in [-0.1, -0.05) is 12.1 Å². The molecule has 0 saturated heterocycles. The number of hydrogen-bond donors (Lipinski definition) is 2. The minimum absolute atomic E-state index is 0. The van der Waals surface area contributed by atoms with Gasteiger partial charge in [0.1, 0.15) is 10.8 Å². The lowest BCUT2D eigenvalue weighted by Gasteiger charge is -2.26. The van der Waals surface area contributed by atoms with Gasteiger partial charge in [-0.3, -0.25) is 4.99 Å². The van der Waals surface area contributed by atoms with E-state index in [-0.39, 0.29) is 42.4 Å². The smallest absolute Gasteiger partial charge is 0.354 e. The molecule has 28 heavy (non-hydrogen) atoms. The van der Waals surface area contributed by atoms with Crippen LogP contribution in [0.4, 0.5) is 17.6 Å². The lowest BCUT2D eigenvalue weighted by molar-refractivity contribution is -0.140. The maximum atomic E-state index is 13.5. The van der Waals surface area contributed by atoms with Crippen molar-refractivity contribution >= 4 is 41.3 Å². The number of aromatic nitrogens is 1. The molecule has 0 saturated carbocycles. The molecule has 1 unspecified atom stereocenters. The highest BCUT2D eigenvalue weighted by molar-refractivity contribution is 14.0. The summed E-state index contributed by atoms with van der Waals surface area (Å²) in [6, 6.07) is 6.22. The van der Waals surface area contributed by atoms with Crippen LogP contribution < -0.4 is 10.6 Å². The summed E-state index contributed by atoms with van der Waals surface area (Å²) < 4.78 is 51.3. The summed E-state index contributed by atoms with van der Waals surface area (Å²) in [6.45, 7) is 0.550. The molecular weight excluding hydrogens is 509 g/mol. The van der Waals surface area contributed by atoms with Gasteiger partial charge >= 0.3 is 6.18 Å². The number of thiazole rings is 1. The van der Waals surface area contributed by atoms with E-state index in [1.165, 1.54) is 12.1 Å². The summed E-state index contributed by atoms with van der Waals surface area (Å²) in [5.41, 5.74) is -0.0938. The summed E-state index contributed by atoms with van der Waals surface area (Å²) in [5, 5.41) is 7.33. The number of hydrogen-bond acceptors (Lipinski definition) is 4. The molecule has 0 amide bonds. The van der Waals surface area contributed by atoms with E-state index in [1.54, 1.807) is 13.1 Å². The van der Waals surface area contributed by atoms with Gasteiger partial charge in [0.15, 0.2) is 11.7 Å². The van der Waals surface area contributed by atoms with Crippen LogP contribution in [0.5, 0.6) is 0 Å². The van der Waals surface area contributed by atoms with Crippen molar-refractivity contribution in [3.63, 3.8) is 0 Å². The third-order valence-electron chi connectivity index (χ3n) is 3.79. The van der Waals surface area contributed by atoms with Gasteiger partial charge < -0.3 is 15.5 Å². The molecule has 1 atom stereocenters. The fourth-order valence-corrected chi connectivity index (χ4v) is 3.15. The van der Waals surface area contributed by atoms with Gasteiger partial charge in [-0.15, -0.1) is 35.3 Å². The van der Waals surface area contributed by atoms with Gasteiger partial charge in [-0.25, -0.2) is 9.37 Å². The first-order chi connectivity index (χ1) is 12.7. The second-order valence-electron chi connectivity index (χ2n) is 5.97. The molecule has 1 aromatic heterocycles. The van der Waals surface area contributed by atoms with Crippen molar-refractivity contribution in [3.05, 3.63) is 51.7 Å². The van der Waals surface area contributed by atoms with Crippen LogP contribution in [0.25, 0.3) is 0 Å². The summed E-state index contributed by atoms with van der Waals surface area (Å²) >= 11 is 0.930. The highest BCUT2D eigenvalue weighted by atomic mass is 127. The Morgan fingerprint density at radius 2 is 2.00 bits per heavy atom. The van der Waals surface area contributed by atoms with E-state index in [9.17, 15) is 17.6 Å². The van der Waals surface area contributed by atoms with Crippen molar-refractivity contribution in [2.45, 2.75) is 18.8 Å². The lowest BCUT2D eigenvalue weighted by Crippen LogP contribution is -2.41. The van der Waals surface area contributed by atoms with Crippen LogP contribution in [-0.4, -0.2) is 43.5 Å². The summed E-state index contributed by atoms with van der Waals surface area (Å²) in [5.74, 6) is 0.105. The Morgan fingerprint density at radius 3 is 2.54 bits per heavy atom. The Kier molecular flexibility index (Phi) is 9.57. The molecule has 156 valence electrons. The summed E-state index contributed by atoms with van der Waals surface area (Å²) in [4.78, 5) is 9.56. The van der Waals surface area contributed by atoms with Gasteiger partial charge in [0.2, 0.25) is 0 Å². The molecule has 2 N–H and O–H groups in total. The lowest BCUT2D eigenvalue weighted by atomic mass is 10.1. The van der Waals surface area contributed by atoms with Crippen molar-refractivity contribution in [1.82, 2.24) is 20.5 Å². The zero-order chi connectivity index (χ0) is 20.0. The SMILES string of the molecule is CN=C(NCc1nc(C(F)(F)F)cs1)NCC(c1cccc(F)c1)N(C)C.I. The Morgan fingerprint density at radius 1 is 1.29 bits per heavy atom. The zero-order valence-corrected chi connectivity index (χ0v) is 18.7. The van der Waals surface area contributed by atoms with Crippen LogP contribution >= 0.6 is 35.3 Å². The molecule has 0 bridgehead atoms. The largest absolute Gasteiger partial charge is 0.434 e. The van der Waals surface area contributed by atoms with Crippen molar-refractivity contribution in [2.75, 3.05) is 27.7 Å². The maximum Gasteiger partial charge on any atom is 0.434 e. The van der Waals surface area contributed by atoms with Gasteiger partial charge in [0.25, 0.3) is 0 Å². The standard InChI is InChI=1S/C17H21F4N5S.HI/c1-22-16(24-9-15-25-14(10-27-15)17(19,20)21)23-8-13(26(2)3)11-5-4-6-12(18)7-11;/h4-7,10,13H,8-9H2,1-3H3,(H2,22,23,24);1H. The fourth-order valence-electron chi connectivity index (χ4n) is 2.41. The number of alkyl halides is 3. The molecular formula is C17H22F4IN5S. The van der Waals surface area contributed by atoms with Gasteiger partial charge in [0, 0.05) is 19.0 Å². The normalized spacial score (nSPS) is 13.2. The quantitative estimate of drug-likeness (QED) is 0.257. The Balaban J connectivity index is 0.00000392. The van der Waals surface area contributed by atoms with Gasteiger partial charge in [0.05, 0.1) is 12.6 Å². The molecule has 1 heterocycles. The van der Waals surface area contributed by atoms with Crippen LogP contribution in [-0.2, 0) is 12.7 Å². The van der Waals surface area contributed by atoms with E-state index in [4.69, 9.17) is 0 Å². The molecule has 0 aliphatic carbocycles. The monoisotopic (exact) mass is 531 g/mol. The van der Waals surface area contributed by atoms with Gasteiger partial charge in [-0.05, 0) is 31.8 Å². The van der Waals surface area contributed by atoms with E-state index in [1.807, 2.05) is 25.1 Å². The first kappa shape index (κ1) is 24.6. The third-order valence-corrected chi connectivity index (χ3v) is 4.64. The maximum absolute atomic E-state index is 13.5. The van der Waals surface area contributed by atoms with Crippen molar-refractivity contribution in [3.8, 4) is 0 Å². The minimum Gasteiger partial charge on any atom is -0.354 e. The van der Waals surface area contributed by atoms with E-state index in [0.717, 1.165) is 22.3 Å². The zero-order valence-electron chi connectivity index (χ0n) is 15.5. The molecule has 5 nitrogen and oxygen atoms in total. The van der Waals surface area contributed by atoms with Crippen LogP contribution in [0.1, 0.15) is 22.3 Å². The number of guanidine groups is 1. The number of halogens is 5. The summed E-state index contributed by atoms with van der Waals surface area (Å²) in [7, 11) is 5.31. The number of aliphatic imine (C=N–C) groups is 1. The number of nitrogens with zero attached hydrogens (tertiary/aromatic N) is 3. The molecule has 0 radical (unpaired) electrons. The number of rotatable bonds is 6. The molecule has 2 rings (SSSR count). The van der Waals surface area contributed by atoms with Crippen molar-refractivity contribution in [2.24, 2.45) is 4.99 Å². The highest BCUT2D eigenvalue weighted by Gasteiger charge is 2.33. The van der Waals surface area contributed by atoms with Crippen LogP contribution in [0.2, 0.25) is 0 Å². The molecule has 11 heteroatoms. The number of nitrogens with one attached hydrogen (secondary N) is 2. The van der Waals surface area contributed by atoms with Crippen molar-refractivity contribution in [1.29, 1.82) is 0 Å². The molecule has 0 aliphatic rings.